The summed E-state index contributed by atoms with van der Waals surface area (Å²) in [7, 11) is 0. The molecule has 0 bridgehead atoms. The number of amides is 1. The van der Waals surface area contributed by atoms with Gasteiger partial charge in [-0.05, 0) is 25.0 Å². The van der Waals surface area contributed by atoms with Gasteiger partial charge >= 0.3 is 0 Å². The first-order chi connectivity index (χ1) is 11.7. The number of aromatic nitrogens is 2. The van der Waals surface area contributed by atoms with Crippen molar-refractivity contribution < 1.29 is 9.32 Å². The Bertz CT molecular complexity index is 683. The van der Waals surface area contributed by atoms with Crippen LogP contribution in [0.25, 0.3) is 0 Å². The highest BCUT2D eigenvalue weighted by atomic mass is 16.5. The predicted molar refractivity (Wildman–Crippen MR) is 90.7 cm³/mol. The maximum absolute atomic E-state index is 12.2. The van der Waals surface area contributed by atoms with E-state index in [1.165, 1.54) is 0 Å². The van der Waals surface area contributed by atoms with Crippen LogP contribution in [0.2, 0.25) is 0 Å². The van der Waals surface area contributed by atoms with Crippen LogP contribution in [0, 0.1) is 0 Å². The van der Waals surface area contributed by atoms with E-state index in [1.807, 2.05) is 12.1 Å². The third-order valence-electron chi connectivity index (χ3n) is 4.10. The minimum atomic E-state index is -0.180. The first-order valence-corrected chi connectivity index (χ1v) is 8.35. The average Bonchev–Trinajstić information content (AvgIpc) is 3.22. The molecule has 0 aliphatic carbocycles. The standard InChI is InChI=1S/C17H23N5O2/c1-2-3-14-8-15(24-21-14)10-20-17(23)12-4-5-16(19-9-12)22-7-6-13(18)11-22/h4-5,8-9,13H,2-3,6-7,10-11,18H2,1H3,(H,20,23). The van der Waals surface area contributed by atoms with Crippen LogP contribution in [0.15, 0.2) is 28.9 Å². The molecule has 1 atom stereocenters. The number of rotatable bonds is 6. The van der Waals surface area contributed by atoms with Crippen LogP contribution in [0.4, 0.5) is 5.82 Å². The predicted octanol–water partition coefficient (Wildman–Crippen LogP) is 1.49. The molecule has 2 aromatic heterocycles. The molecule has 1 unspecified atom stereocenters. The lowest BCUT2D eigenvalue weighted by Crippen LogP contribution is -2.27. The summed E-state index contributed by atoms with van der Waals surface area (Å²) in [6.45, 7) is 4.12. The van der Waals surface area contributed by atoms with E-state index >= 15 is 0 Å². The van der Waals surface area contributed by atoms with Crippen molar-refractivity contribution in [1.82, 2.24) is 15.5 Å². The Morgan fingerprint density at radius 3 is 3.04 bits per heavy atom. The van der Waals surface area contributed by atoms with Gasteiger partial charge in [0.25, 0.3) is 5.91 Å². The van der Waals surface area contributed by atoms with Gasteiger partial charge in [0.1, 0.15) is 5.82 Å². The fourth-order valence-electron chi connectivity index (χ4n) is 2.79. The Hall–Kier alpha value is -2.41. The van der Waals surface area contributed by atoms with E-state index in [9.17, 15) is 4.79 Å². The molecule has 1 fully saturated rings. The topological polar surface area (TPSA) is 97.3 Å². The largest absolute Gasteiger partial charge is 0.359 e. The van der Waals surface area contributed by atoms with Crippen LogP contribution >= 0.6 is 0 Å². The first-order valence-electron chi connectivity index (χ1n) is 8.35. The minimum absolute atomic E-state index is 0.180. The second-order valence-electron chi connectivity index (χ2n) is 6.12. The van der Waals surface area contributed by atoms with E-state index < -0.39 is 0 Å². The number of hydrogen-bond donors (Lipinski definition) is 2. The highest BCUT2D eigenvalue weighted by molar-refractivity contribution is 5.93. The molecule has 7 heteroatoms. The summed E-state index contributed by atoms with van der Waals surface area (Å²) < 4.78 is 5.20. The van der Waals surface area contributed by atoms with E-state index in [-0.39, 0.29) is 11.9 Å². The van der Waals surface area contributed by atoms with E-state index in [1.54, 1.807) is 12.3 Å². The third-order valence-corrected chi connectivity index (χ3v) is 4.10. The Balaban J connectivity index is 1.54. The smallest absolute Gasteiger partial charge is 0.253 e. The Morgan fingerprint density at radius 1 is 1.50 bits per heavy atom. The van der Waals surface area contributed by atoms with Gasteiger partial charge in [0.15, 0.2) is 5.76 Å². The molecule has 0 saturated carbocycles. The summed E-state index contributed by atoms with van der Waals surface area (Å²) in [6, 6.07) is 5.72. The molecule has 1 amide bonds. The van der Waals surface area contributed by atoms with Gasteiger partial charge in [0, 0.05) is 31.4 Å². The van der Waals surface area contributed by atoms with Crippen LogP contribution in [-0.2, 0) is 13.0 Å². The second kappa shape index (κ2) is 7.44. The molecule has 1 saturated heterocycles. The number of nitrogens with zero attached hydrogens (tertiary/aromatic N) is 3. The maximum Gasteiger partial charge on any atom is 0.253 e. The molecule has 1 aliphatic heterocycles. The van der Waals surface area contributed by atoms with Crippen molar-refractivity contribution in [2.75, 3.05) is 18.0 Å². The number of carbonyl (C=O) groups excluding carboxylic acids is 1. The van der Waals surface area contributed by atoms with Gasteiger partial charge in [0.05, 0.1) is 17.8 Å². The van der Waals surface area contributed by atoms with Crippen molar-refractivity contribution in [2.45, 2.75) is 38.8 Å². The number of carbonyl (C=O) groups is 1. The Kier molecular flexibility index (Phi) is 5.10. The summed E-state index contributed by atoms with van der Waals surface area (Å²) in [4.78, 5) is 18.7. The summed E-state index contributed by atoms with van der Waals surface area (Å²) in [5, 5.41) is 6.78. The molecule has 24 heavy (non-hydrogen) atoms. The molecule has 128 valence electrons. The highest BCUT2D eigenvalue weighted by Gasteiger charge is 2.20. The van der Waals surface area contributed by atoms with Crippen LogP contribution < -0.4 is 16.0 Å². The fourth-order valence-corrected chi connectivity index (χ4v) is 2.79. The van der Waals surface area contributed by atoms with E-state index in [0.29, 0.717) is 17.9 Å². The van der Waals surface area contributed by atoms with Gasteiger partial charge in [-0.3, -0.25) is 4.79 Å². The van der Waals surface area contributed by atoms with Gasteiger partial charge in [-0.25, -0.2) is 4.98 Å². The van der Waals surface area contributed by atoms with Crippen molar-refractivity contribution in [3.8, 4) is 0 Å². The maximum atomic E-state index is 12.2. The normalized spacial score (nSPS) is 17.2. The summed E-state index contributed by atoms with van der Waals surface area (Å²) in [5.74, 6) is 1.34. The van der Waals surface area contributed by atoms with Crippen molar-refractivity contribution in [1.29, 1.82) is 0 Å². The van der Waals surface area contributed by atoms with Gasteiger partial charge in [0.2, 0.25) is 0 Å². The quantitative estimate of drug-likeness (QED) is 0.833. The van der Waals surface area contributed by atoms with Gasteiger partial charge < -0.3 is 20.5 Å². The van der Waals surface area contributed by atoms with Crippen LogP contribution in [0.3, 0.4) is 0 Å². The summed E-state index contributed by atoms with van der Waals surface area (Å²) >= 11 is 0. The van der Waals surface area contributed by atoms with Crippen molar-refractivity contribution in [3.63, 3.8) is 0 Å². The zero-order valence-corrected chi connectivity index (χ0v) is 13.9. The SMILES string of the molecule is CCCc1cc(CNC(=O)c2ccc(N3CCC(N)C3)nc2)on1. The molecular formula is C17H23N5O2. The molecule has 0 radical (unpaired) electrons. The first kappa shape index (κ1) is 16.4. The molecule has 3 heterocycles. The number of aryl methyl sites for hydroxylation is 1. The Labute approximate surface area is 141 Å². The monoisotopic (exact) mass is 329 g/mol. The fraction of sp³-hybridized carbons (Fsp3) is 0.471. The average molecular weight is 329 g/mol. The third kappa shape index (κ3) is 3.91. The lowest BCUT2D eigenvalue weighted by atomic mass is 10.2. The lowest BCUT2D eigenvalue weighted by molar-refractivity contribution is 0.0946. The lowest BCUT2D eigenvalue weighted by Gasteiger charge is -2.16. The van der Waals surface area contributed by atoms with Gasteiger partial charge in [-0.15, -0.1) is 0 Å². The second-order valence-corrected chi connectivity index (χ2v) is 6.12. The molecule has 2 aromatic rings. The van der Waals surface area contributed by atoms with Crippen LogP contribution in [0.5, 0.6) is 0 Å². The number of anilines is 1. The molecular weight excluding hydrogens is 306 g/mol. The minimum Gasteiger partial charge on any atom is -0.359 e. The molecule has 1 aliphatic rings. The summed E-state index contributed by atoms with van der Waals surface area (Å²) in [5.41, 5.74) is 7.35. The van der Waals surface area contributed by atoms with Gasteiger partial charge in [-0.2, -0.15) is 0 Å². The van der Waals surface area contributed by atoms with Crippen LogP contribution in [0.1, 0.15) is 41.6 Å². The number of nitrogens with two attached hydrogens (primary N) is 1. The van der Waals surface area contributed by atoms with E-state index in [4.69, 9.17) is 10.3 Å². The Morgan fingerprint density at radius 2 is 2.38 bits per heavy atom. The van der Waals surface area contributed by atoms with Crippen molar-refractivity contribution in [3.05, 3.63) is 41.4 Å². The number of nitrogens with one attached hydrogen (secondary N) is 1. The summed E-state index contributed by atoms with van der Waals surface area (Å²) in [6.07, 6.45) is 4.46. The zero-order chi connectivity index (χ0) is 16.9. The van der Waals surface area contributed by atoms with Gasteiger partial charge in [-0.1, -0.05) is 18.5 Å². The molecule has 0 aromatic carbocycles. The van der Waals surface area contributed by atoms with Crippen LogP contribution in [-0.4, -0.2) is 35.2 Å². The highest BCUT2D eigenvalue weighted by Crippen LogP contribution is 2.17. The van der Waals surface area contributed by atoms with E-state index in [2.05, 4.69) is 27.3 Å². The zero-order valence-electron chi connectivity index (χ0n) is 13.9. The number of hydrogen-bond acceptors (Lipinski definition) is 6. The molecule has 0 spiro atoms. The van der Waals surface area contributed by atoms with E-state index in [0.717, 1.165) is 43.9 Å². The molecule has 3 rings (SSSR count). The molecule has 7 nitrogen and oxygen atoms in total. The van der Waals surface area contributed by atoms with Crippen molar-refractivity contribution in [2.24, 2.45) is 5.73 Å². The molecule has 3 N–H and O–H groups in total. The van der Waals surface area contributed by atoms with Crippen molar-refractivity contribution >= 4 is 11.7 Å². The number of pyridine rings is 1.